The molecule has 1 fully saturated rings. The zero-order chi connectivity index (χ0) is 13.0. The summed E-state index contributed by atoms with van der Waals surface area (Å²) in [7, 11) is 0. The van der Waals surface area contributed by atoms with Crippen LogP contribution in [-0.2, 0) is 0 Å². The Morgan fingerprint density at radius 3 is 2.78 bits per heavy atom. The molecule has 0 bridgehead atoms. The summed E-state index contributed by atoms with van der Waals surface area (Å²) in [6.07, 6.45) is 4.03. The number of aromatic nitrogens is 1. The molecule has 1 heterocycles. The Morgan fingerprint density at radius 1 is 1.39 bits per heavy atom. The van der Waals surface area contributed by atoms with Gasteiger partial charge in [0, 0.05) is 17.5 Å². The zero-order valence-electron chi connectivity index (χ0n) is 11.7. The number of nitrogens with zero attached hydrogens (tertiary/aromatic N) is 1. The van der Waals surface area contributed by atoms with Gasteiger partial charge >= 0.3 is 0 Å². The molecule has 0 aromatic carbocycles. The maximum Gasteiger partial charge on any atom is 0.0966 e. The third-order valence-electron chi connectivity index (χ3n) is 3.33. The van der Waals surface area contributed by atoms with E-state index in [0.717, 1.165) is 23.9 Å². The van der Waals surface area contributed by atoms with E-state index in [1.54, 1.807) is 0 Å². The summed E-state index contributed by atoms with van der Waals surface area (Å²) in [4.78, 5) is 4.60. The van der Waals surface area contributed by atoms with E-state index >= 15 is 0 Å². The molecule has 1 aromatic heterocycles. The average molecular weight is 264 g/mol. The van der Waals surface area contributed by atoms with Crippen LogP contribution in [0.1, 0.15) is 37.4 Å². The standard InChI is InChI=1S/C15H24N2S/c1-4-7-16-14(13-5-6-13)10-18-15-9-11(2)8-12(3)17-15/h8-9,13-14,16H,4-7,10H2,1-3H3. The number of pyridine rings is 1. The molecule has 1 unspecified atom stereocenters. The predicted octanol–water partition coefficient (Wildman–Crippen LogP) is 3.57. The summed E-state index contributed by atoms with van der Waals surface area (Å²) in [5, 5.41) is 4.86. The fraction of sp³-hybridized carbons (Fsp3) is 0.667. The quantitative estimate of drug-likeness (QED) is 0.762. The van der Waals surface area contributed by atoms with Crippen molar-refractivity contribution in [3.05, 3.63) is 23.4 Å². The topological polar surface area (TPSA) is 24.9 Å². The van der Waals surface area contributed by atoms with E-state index in [9.17, 15) is 0 Å². The lowest BCUT2D eigenvalue weighted by Crippen LogP contribution is -2.33. The fourth-order valence-electron chi connectivity index (χ4n) is 2.24. The molecule has 1 N–H and O–H groups in total. The SMILES string of the molecule is CCCNC(CSc1cc(C)cc(C)n1)C1CC1. The number of thioether (sulfide) groups is 1. The molecule has 0 aliphatic heterocycles. The van der Waals surface area contributed by atoms with Crippen molar-refractivity contribution >= 4 is 11.8 Å². The summed E-state index contributed by atoms with van der Waals surface area (Å²) in [5.74, 6) is 2.07. The summed E-state index contributed by atoms with van der Waals surface area (Å²) in [5.41, 5.74) is 2.44. The second-order valence-corrected chi connectivity index (χ2v) is 6.37. The monoisotopic (exact) mass is 264 g/mol. The van der Waals surface area contributed by atoms with Gasteiger partial charge in [-0.1, -0.05) is 6.92 Å². The highest BCUT2D eigenvalue weighted by Gasteiger charge is 2.30. The summed E-state index contributed by atoms with van der Waals surface area (Å²) in [6, 6.07) is 5.01. The first kappa shape index (κ1) is 13.9. The van der Waals surface area contributed by atoms with Crippen LogP contribution in [-0.4, -0.2) is 23.3 Å². The van der Waals surface area contributed by atoms with Crippen molar-refractivity contribution in [1.29, 1.82) is 0 Å². The number of rotatable bonds is 7. The first-order chi connectivity index (χ1) is 8.69. The molecule has 1 atom stereocenters. The predicted molar refractivity (Wildman–Crippen MR) is 79.2 cm³/mol. The Morgan fingerprint density at radius 2 is 2.17 bits per heavy atom. The third kappa shape index (κ3) is 4.29. The van der Waals surface area contributed by atoms with E-state index in [-0.39, 0.29) is 0 Å². The minimum Gasteiger partial charge on any atom is -0.313 e. The minimum absolute atomic E-state index is 0.678. The van der Waals surface area contributed by atoms with Crippen LogP contribution in [0.4, 0.5) is 0 Å². The lowest BCUT2D eigenvalue weighted by atomic mass is 10.2. The first-order valence-corrected chi connectivity index (χ1v) is 7.99. The van der Waals surface area contributed by atoms with Gasteiger partial charge in [-0.25, -0.2) is 4.98 Å². The molecule has 0 spiro atoms. The number of nitrogens with one attached hydrogen (secondary N) is 1. The Labute approximate surface area is 115 Å². The lowest BCUT2D eigenvalue weighted by Gasteiger charge is -2.17. The molecule has 1 aromatic rings. The molecule has 18 heavy (non-hydrogen) atoms. The number of hydrogen-bond acceptors (Lipinski definition) is 3. The summed E-state index contributed by atoms with van der Waals surface area (Å²) < 4.78 is 0. The van der Waals surface area contributed by atoms with E-state index in [0.29, 0.717) is 6.04 Å². The largest absolute Gasteiger partial charge is 0.313 e. The van der Waals surface area contributed by atoms with Crippen LogP contribution in [0, 0.1) is 19.8 Å². The molecule has 1 aliphatic carbocycles. The highest BCUT2D eigenvalue weighted by atomic mass is 32.2. The maximum atomic E-state index is 4.60. The van der Waals surface area contributed by atoms with Gasteiger partial charge in [0.1, 0.15) is 0 Å². The van der Waals surface area contributed by atoms with Crippen LogP contribution >= 0.6 is 11.8 Å². The number of aryl methyl sites for hydroxylation is 2. The third-order valence-corrected chi connectivity index (χ3v) is 4.36. The average Bonchev–Trinajstić information content (AvgIpc) is 3.12. The van der Waals surface area contributed by atoms with E-state index < -0.39 is 0 Å². The molecular weight excluding hydrogens is 240 g/mol. The molecule has 1 aliphatic rings. The fourth-order valence-corrected chi connectivity index (χ4v) is 3.46. The summed E-state index contributed by atoms with van der Waals surface area (Å²) in [6.45, 7) is 7.59. The molecule has 1 saturated carbocycles. The van der Waals surface area contributed by atoms with Crippen molar-refractivity contribution in [2.24, 2.45) is 5.92 Å². The van der Waals surface area contributed by atoms with Gasteiger partial charge in [-0.15, -0.1) is 11.8 Å². The van der Waals surface area contributed by atoms with Crippen molar-refractivity contribution in [3.8, 4) is 0 Å². The Hall–Kier alpha value is -0.540. The number of hydrogen-bond donors (Lipinski definition) is 1. The van der Waals surface area contributed by atoms with Gasteiger partial charge in [0.25, 0.3) is 0 Å². The van der Waals surface area contributed by atoms with Crippen LogP contribution < -0.4 is 5.32 Å². The van der Waals surface area contributed by atoms with Gasteiger partial charge in [-0.3, -0.25) is 0 Å². The molecule has 2 nitrogen and oxygen atoms in total. The van der Waals surface area contributed by atoms with E-state index in [2.05, 4.69) is 43.2 Å². The van der Waals surface area contributed by atoms with Crippen molar-refractivity contribution in [2.75, 3.05) is 12.3 Å². The van der Waals surface area contributed by atoms with E-state index in [4.69, 9.17) is 0 Å². The minimum atomic E-state index is 0.678. The Bertz CT molecular complexity index is 368. The van der Waals surface area contributed by atoms with E-state index in [1.165, 1.54) is 29.9 Å². The molecule has 0 amide bonds. The normalized spacial score (nSPS) is 16.8. The molecule has 0 saturated heterocycles. The molecule has 2 rings (SSSR count). The smallest absolute Gasteiger partial charge is 0.0966 e. The van der Waals surface area contributed by atoms with Crippen molar-refractivity contribution in [1.82, 2.24) is 10.3 Å². The second kappa shape index (κ2) is 6.58. The lowest BCUT2D eigenvalue weighted by molar-refractivity contribution is 0.503. The maximum absolute atomic E-state index is 4.60. The van der Waals surface area contributed by atoms with Crippen LogP contribution in [0.5, 0.6) is 0 Å². The van der Waals surface area contributed by atoms with Crippen LogP contribution in [0.3, 0.4) is 0 Å². The molecule has 3 heteroatoms. The Kier molecular flexibility index (Phi) is 5.07. The van der Waals surface area contributed by atoms with Gasteiger partial charge in [0.05, 0.1) is 5.03 Å². The molecular formula is C15H24N2S. The van der Waals surface area contributed by atoms with Gasteiger partial charge in [-0.05, 0) is 63.3 Å². The van der Waals surface area contributed by atoms with Crippen LogP contribution in [0.15, 0.2) is 17.2 Å². The highest BCUT2D eigenvalue weighted by molar-refractivity contribution is 7.99. The van der Waals surface area contributed by atoms with Gasteiger partial charge in [0.15, 0.2) is 0 Å². The van der Waals surface area contributed by atoms with E-state index in [1.807, 2.05) is 11.8 Å². The molecule has 100 valence electrons. The Balaban J connectivity index is 1.87. The second-order valence-electron chi connectivity index (χ2n) is 5.33. The van der Waals surface area contributed by atoms with Crippen LogP contribution in [0.25, 0.3) is 0 Å². The van der Waals surface area contributed by atoms with Gasteiger partial charge in [-0.2, -0.15) is 0 Å². The van der Waals surface area contributed by atoms with Crippen LogP contribution in [0.2, 0.25) is 0 Å². The summed E-state index contributed by atoms with van der Waals surface area (Å²) >= 11 is 1.90. The highest BCUT2D eigenvalue weighted by Crippen LogP contribution is 2.35. The first-order valence-electron chi connectivity index (χ1n) is 7.00. The molecule has 0 radical (unpaired) electrons. The zero-order valence-corrected chi connectivity index (χ0v) is 12.5. The van der Waals surface area contributed by atoms with Crippen molar-refractivity contribution in [2.45, 2.75) is 51.1 Å². The van der Waals surface area contributed by atoms with Gasteiger partial charge in [0.2, 0.25) is 0 Å². The van der Waals surface area contributed by atoms with Crippen molar-refractivity contribution in [3.63, 3.8) is 0 Å². The van der Waals surface area contributed by atoms with Gasteiger partial charge < -0.3 is 5.32 Å². The van der Waals surface area contributed by atoms with Crippen molar-refractivity contribution < 1.29 is 0 Å².